The Morgan fingerprint density at radius 1 is 1.29 bits per heavy atom. The van der Waals surface area contributed by atoms with E-state index in [4.69, 9.17) is 4.74 Å². The highest BCUT2D eigenvalue weighted by molar-refractivity contribution is 8.02. The molecule has 2 N–H and O–H groups in total. The summed E-state index contributed by atoms with van der Waals surface area (Å²) in [4.78, 5) is 26.3. The number of esters is 1. The molecule has 1 heterocycles. The fourth-order valence-electron chi connectivity index (χ4n) is 3.52. The van der Waals surface area contributed by atoms with Crippen LogP contribution >= 0.6 is 11.8 Å². The van der Waals surface area contributed by atoms with Gasteiger partial charge in [-0.3, -0.25) is 9.59 Å². The van der Waals surface area contributed by atoms with Gasteiger partial charge in [-0.25, -0.2) is 0 Å². The highest BCUT2D eigenvalue weighted by Crippen LogP contribution is 2.31. The van der Waals surface area contributed by atoms with Gasteiger partial charge < -0.3 is 14.9 Å². The highest BCUT2D eigenvalue weighted by atomic mass is 32.2. The predicted octanol–water partition coefficient (Wildman–Crippen LogP) is 3.44. The Morgan fingerprint density at radius 2 is 2.00 bits per heavy atom. The fraction of sp³-hybridized carbons (Fsp3) is 0.545. The Balaban J connectivity index is 2.51. The number of ketones is 1. The van der Waals surface area contributed by atoms with Crippen LogP contribution in [0.15, 0.2) is 35.2 Å². The van der Waals surface area contributed by atoms with Crippen LogP contribution in [0.2, 0.25) is 0 Å². The Bertz CT molecular complexity index is 744. The zero-order chi connectivity index (χ0) is 20.9. The SMILES string of the molecule is CC[C@@H]1OC(=O)[C@H](C)C(=O)[C@@](O)(CO)C/C(SC)=C/[C@@H](C)Cc2cccc1c2. The van der Waals surface area contributed by atoms with Crippen LogP contribution in [0.1, 0.15) is 50.8 Å². The van der Waals surface area contributed by atoms with Crippen LogP contribution in [-0.2, 0) is 20.7 Å². The maximum Gasteiger partial charge on any atom is 0.316 e. The van der Waals surface area contributed by atoms with Gasteiger partial charge in [0.25, 0.3) is 0 Å². The summed E-state index contributed by atoms with van der Waals surface area (Å²) < 4.78 is 5.61. The van der Waals surface area contributed by atoms with Gasteiger partial charge in [0, 0.05) is 6.42 Å². The summed E-state index contributed by atoms with van der Waals surface area (Å²) in [5.74, 6) is -2.39. The number of thioether (sulfide) groups is 1. The van der Waals surface area contributed by atoms with E-state index < -0.39 is 36.0 Å². The number of Topliss-reactive ketones (excluding diaryl/α,β-unsaturated/α-hetero) is 1. The number of allylic oxidation sites excluding steroid dienone is 1. The molecule has 0 unspecified atom stereocenters. The summed E-state index contributed by atoms with van der Waals surface area (Å²) in [7, 11) is 0. The van der Waals surface area contributed by atoms with Crippen molar-refractivity contribution in [3.63, 3.8) is 0 Å². The van der Waals surface area contributed by atoms with Gasteiger partial charge in [-0.2, -0.15) is 0 Å². The summed E-state index contributed by atoms with van der Waals surface area (Å²) in [6.07, 6.45) is 4.77. The Morgan fingerprint density at radius 3 is 2.61 bits per heavy atom. The number of aliphatic hydroxyl groups is 2. The predicted molar refractivity (Wildman–Crippen MR) is 111 cm³/mol. The summed E-state index contributed by atoms with van der Waals surface area (Å²) in [5.41, 5.74) is 0.0196. The topological polar surface area (TPSA) is 83.8 Å². The molecule has 1 aliphatic heterocycles. The van der Waals surface area contributed by atoms with Gasteiger partial charge >= 0.3 is 5.97 Å². The number of hydrogen-bond acceptors (Lipinski definition) is 6. The third-order valence-electron chi connectivity index (χ3n) is 5.18. The van der Waals surface area contributed by atoms with Crippen molar-refractivity contribution in [3.8, 4) is 0 Å². The minimum atomic E-state index is -2.01. The lowest BCUT2D eigenvalue weighted by atomic mass is 9.86. The molecule has 0 aromatic heterocycles. The summed E-state index contributed by atoms with van der Waals surface area (Å²) in [6, 6.07) is 7.97. The van der Waals surface area contributed by atoms with Crippen molar-refractivity contribution in [2.75, 3.05) is 12.9 Å². The van der Waals surface area contributed by atoms with Crippen molar-refractivity contribution in [3.05, 3.63) is 46.4 Å². The number of fused-ring (bicyclic) bond motifs is 2. The molecular weight excluding hydrogens is 376 g/mol. The Labute approximate surface area is 171 Å². The lowest BCUT2D eigenvalue weighted by Gasteiger charge is -2.29. The second-order valence-electron chi connectivity index (χ2n) is 7.55. The average molecular weight is 407 g/mol. The molecule has 0 saturated carbocycles. The zero-order valence-corrected chi connectivity index (χ0v) is 17.8. The van der Waals surface area contributed by atoms with Gasteiger partial charge in [0.05, 0.1) is 6.61 Å². The van der Waals surface area contributed by atoms with Crippen LogP contribution in [0, 0.1) is 11.8 Å². The molecule has 4 atom stereocenters. The van der Waals surface area contributed by atoms with Gasteiger partial charge in [0.15, 0.2) is 11.4 Å². The van der Waals surface area contributed by atoms with Gasteiger partial charge in [-0.1, -0.05) is 44.2 Å². The number of carbonyl (C=O) groups excluding carboxylic acids is 2. The maximum absolute atomic E-state index is 12.8. The first kappa shape index (κ1) is 22.7. The average Bonchev–Trinajstić information content (AvgIpc) is 2.69. The zero-order valence-electron chi connectivity index (χ0n) is 17.0. The number of carbonyl (C=O) groups is 2. The standard InChI is InChI=1S/C22H30O5S/c1-5-19-17-8-6-7-16(11-17)9-14(2)10-18(28-4)12-22(26,13-23)20(24)15(3)21(25)27-19/h6-8,10-11,14-15,19,23,26H,5,9,12-13H2,1-4H3/b18-10-/t14-,15+,19-,22-/m0/s1. The van der Waals surface area contributed by atoms with Crippen LogP contribution < -0.4 is 0 Å². The molecule has 0 amide bonds. The first-order chi connectivity index (χ1) is 13.2. The molecule has 2 rings (SSSR count). The molecule has 0 radical (unpaired) electrons. The van der Waals surface area contributed by atoms with Crippen LogP contribution in [-0.4, -0.2) is 40.4 Å². The third-order valence-corrected chi connectivity index (χ3v) is 5.98. The Hall–Kier alpha value is -1.63. The summed E-state index contributed by atoms with van der Waals surface area (Å²) in [6.45, 7) is 4.67. The summed E-state index contributed by atoms with van der Waals surface area (Å²) in [5, 5.41) is 20.6. The molecule has 0 fully saturated rings. The molecule has 154 valence electrons. The number of cyclic esters (lactones) is 1. The Kier molecular flexibility index (Phi) is 7.87. The van der Waals surface area contributed by atoms with Gasteiger partial charge in [-0.15, -0.1) is 11.8 Å². The van der Waals surface area contributed by atoms with Gasteiger partial charge in [0.1, 0.15) is 12.0 Å². The lowest BCUT2D eigenvalue weighted by molar-refractivity contribution is -0.163. The van der Waals surface area contributed by atoms with Crippen LogP contribution in [0.3, 0.4) is 0 Å². The first-order valence-corrected chi connectivity index (χ1v) is 10.9. The van der Waals surface area contributed by atoms with Crippen molar-refractivity contribution < 1.29 is 24.5 Å². The van der Waals surface area contributed by atoms with Crippen LogP contribution in [0.4, 0.5) is 0 Å². The van der Waals surface area contributed by atoms with Crippen LogP contribution in [0.5, 0.6) is 0 Å². The second kappa shape index (κ2) is 9.72. The van der Waals surface area contributed by atoms with E-state index in [1.54, 1.807) is 0 Å². The molecule has 0 saturated heterocycles. The summed E-state index contributed by atoms with van der Waals surface area (Å²) >= 11 is 1.43. The molecule has 0 spiro atoms. The van der Waals surface area contributed by atoms with E-state index in [-0.39, 0.29) is 12.3 Å². The van der Waals surface area contributed by atoms with E-state index in [1.165, 1.54) is 18.7 Å². The van der Waals surface area contributed by atoms with E-state index >= 15 is 0 Å². The van der Waals surface area contributed by atoms with E-state index in [9.17, 15) is 19.8 Å². The minimum Gasteiger partial charge on any atom is -0.457 e. The van der Waals surface area contributed by atoms with Crippen molar-refractivity contribution >= 4 is 23.5 Å². The quantitative estimate of drug-likeness (QED) is 0.591. The monoisotopic (exact) mass is 406 g/mol. The van der Waals surface area contributed by atoms with E-state index in [1.807, 2.05) is 43.5 Å². The first-order valence-electron chi connectivity index (χ1n) is 9.65. The number of aliphatic hydroxyl groups excluding tert-OH is 1. The van der Waals surface area contributed by atoms with E-state index in [0.717, 1.165) is 22.5 Å². The molecule has 28 heavy (non-hydrogen) atoms. The molecule has 1 aromatic carbocycles. The highest BCUT2D eigenvalue weighted by Gasteiger charge is 2.42. The lowest BCUT2D eigenvalue weighted by Crippen LogP contribution is -2.47. The minimum absolute atomic E-state index is 0.0251. The molecule has 5 nitrogen and oxygen atoms in total. The van der Waals surface area contributed by atoms with Crippen molar-refractivity contribution in [1.82, 2.24) is 0 Å². The largest absolute Gasteiger partial charge is 0.457 e. The van der Waals surface area contributed by atoms with E-state index in [0.29, 0.717) is 6.42 Å². The number of hydrogen-bond donors (Lipinski definition) is 2. The molecule has 2 bridgehead atoms. The van der Waals surface area contributed by atoms with Gasteiger partial charge in [0.2, 0.25) is 0 Å². The number of ether oxygens (including phenoxy) is 1. The number of benzene rings is 1. The second-order valence-corrected chi connectivity index (χ2v) is 8.48. The molecule has 0 aliphatic carbocycles. The fourth-order valence-corrected chi connectivity index (χ4v) is 4.27. The van der Waals surface area contributed by atoms with Crippen LogP contribution in [0.25, 0.3) is 0 Å². The van der Waals surface area contributed by atoms with Crippen molar-refractivity contribution in [1.29, 1.82) is 0 Å². The molecule has 1 aromatic rings. The smallest absolute Gasteiger partial charge is 0.316 e. The molecule has 6 heteroatoms. The molecule has 1 aliphatic rings. The third kappa shape index (κ3) is 5.25. The normalized spacial score (nSPS) is 31.5. The van der Waals surface area contributed by atoms with Crippen molar-refractivity contribution in [2.45, 2.75) is 51.7 Å². The van der Waals surface area contributed by atoms with Gasteiger partial charge in [-0.05, 0) is 48.0 Å². The maximum atomic E-state index is 12.8. The molecular formula is C22H30O5S. The van der Waals surface area contributed by atoms with Crippen molar-refractivity contribution in [2.24, 2.45) is 11.8 Å². The number of rotatable bonds is 3. The van der Waals surface area contributed by atoms with E-state index in [2.05, 4.69) is 6.92 Å².